The van der Waals surface area contributed by atoms with E-state index in [1.165, 1.54) is 0 Å². The number of aromatic nitrogens is 3. The van der Waals surface area contributed by atoms with Crippen molar-refractivity contribution in [2.45, 2.75) is 38.5 Å². The lowest BCUT2D eigenvalue weighted by atomic mass is 9.91. The van der Waals surface area contributed by atoms with E-state index >= 15 is 0 Å². The minimum Gasteiger partial charge on any atom is -0.471 e. The second-order valence-electron chi connectivity index (χ2n) is 7.04. The molecule has 4 heterocycles. The number of rotatable bonds is 3. The molecule has 0 saturated carbocycles. The molecule has 0 atom stereocenters. The highest BCUT2D eigenvalue weighted by Crippen LogP contribution is 2.25. The molecule has 4 rings (SSSR count). The third kappa shape index (κ3) is 3.50. The number of hydrogen-bond donors (Lipinski definition) is 1. The van der Waals surface area contributed by atoms with E-state index in [1.807, 2.05) is 6.07 Å². The average Bonchev–Trinajstić information content (AvgIpc) is 3.03. The van der Waals surface area contributed by atoms with Crippen molar-refractivity contribution in [1.82, 2.24) is 15.0 Å². The summed E-state index contributed by atoms with van der Waals surface area (Å²) >= 11 is 6.11. The first kappa shape index (κ1) is 17.2. The van der Waals surface area contributed by atoms with Gasteiger partial charge in [0.2, 0.25) is 5.90 Å². The van der Waals surface area contributed by atoms with Crippen molar-refractivity contribution >= 4 is 23.3 Å². The Morgan fingerprint density at radius 1 is 1.31 bits per heavy atom. The molecule has 8 heteroatoms. The number of ether oxygens (including phenoxy) is 1. The number of fused-ring (bicyclic) bond motifs is 1. The zero-order valence-corrected chi connectivity index (χ0v) is 15.4. The van der Waals surface area contributed by atoms with Crippen LogP contribution in [0.2, 0.25) is 5.02 Å². The Bertz CT molecular complexity index is 843. The van der Waals surface area contributed by atoms with Crippen LogP contribution in [0.25, 0.3) is 0 Å². The molecule has 1 fully saturated rings. The molecular weight excluding hydrogens is 352 g/mol. The van der Waals surface area contributed by atoms with Crippen molar-refractivity contribution in [3.8, 4) is 0 Å². The van der Waals surface area contributed by atoms with Gasteiger partial charge in [0.25, 0.3) is 0 Å². The number of halogens is 1. The number of pyridine rings is 1. The molecule has 0 bridgehead atoms. The molecule has 2 aromatic rings. The average molecular weight is 373 g/mol. The first-order chi connectivity index (χ1) is 12.5. The Hall–Kier alpha value is -2.25. The van der Waals surface area contributed by atoms with Crippen LogP contribution in [-0.2, 0) is 17.9 Å². The van der Waals surface area contributed by atoms with Crippen LogP contribution >= 0.6 is 11.6 Å². The van der Waals surface area contributed by atoms with Crippen molar-refractivity contribution in [3.63, 3.8) is 0 Å². The maximum absolute atomic E-state index is 6.21. The standard InChI is InChI=1S/C18H21ClN6O/c1-18(20)3-6-25(7-4-18)15-10-22-16-14(24-15)9-23-17(16)26-11-12-2-5-21-8-13(12)19/h2,5,8,10H,3-4,6-7,9,11,20H2,1H3. The Balaban J connectivity index is 1.44. The van der Waals surface area contributed by atoms with Crippen LogP contribution in [0, 0.1) is 0 Å². The molecule has 7 nitrogen and oxygen atoms in total. The molecule has 0 unspecified atom stereocenters. The topological polar surface area (TPSA) is 89.5 Å². The number of anilines is 1. The van der Waals surface area contributed by atoms with Gasteiger partial charge in [0, 0.05) is 36.6 Å². The first-order valence-corrected chi connectivity index (χ1v) is 9.05. The van der Waals surface area contributed by atoms with Gasteiger partial charge in [-0.1, -0.05) is 11.6 Å². The molecule has 2 N–H and O–H groups in total. The Morgan fingerprint density at radius 3 is 2.88 bits per heavy atom. The van der Waals surface area contributed by atoms with Crippen molar-refractivity contribution in [1.29, 1.82) is 0 Å². The zero-order valence-electron chi connectivity index (χ0n) is 14.7. The van der Waals surface area contributed by atoms with Gasteiger partial charge in [0.15, 0.2) is 0 Å². The third-order valence-electron chi connectivity index (χ3n) is 4.86. The number of nitrogens with two attached hydrogens (primary N) is 1. The van der Waals surface area contributed by atoms with E-state index in [0.717, 1.165) is 43.0 Å². The number of aliphatic imine (C=N–C) groups is 1. The predicted molar refractivity (Wildman–Crippen MR) is 100 cm³/mol. The van der Waals surface area contributed by atoms with E-state index in [-0.39, 0.29) is 5.54 Å². The van der Waals surface area contributed by atoms with Crippen LogP contribution in [0.5, 0.6) is 0 Å². The van der Waals surface area contributed by atoms with Crippen molar-refractivity contribution in [3.05, 3.63) is 46.6 Å². The van der Waals surface area contributed by atoms with Crippen molar-refractivity contribution in [2.75, 3.05) is 18.0 Å². The predicted octanol–water partition coefficient (Wildman–Crippen LogP) is 2.32. The second kappa shape index (κ2) is 6.81. The highest BCUT2D eigenvalue weighted by atomic mass is 35.5. The molecule has 2 aromatic heterocycles. The van der Waals surface area contributed by atoms with E-state index in [2.05, 4.69) is 26.8 Å². The maximum atomic E-state index is 6.21. The molecule has 0 radical (unpaired) electrons. The van der Waals surface area contributed by atoms with Crippen LogP contribution in [0.15, 0.2) is 29.6 Å². The van der Waals surface area contributed by atoms with E-state index < -0.39 is 0 Å². The summed E-state index contributed by atoms with van der Waals surface area (Å²) in [7, 11) is 0. The molecule has 26 heavy (non-hydrogen) atoms. The lowest BCUT2D eigenvalue weighted by Crippen LogP contribution is -2.48. The highest BCUT2D eigenvalue weighted by Gasteiger charge is 2.28. The maximum Gasteiger partial charge on any atom is 0.238 e. The van der Waals surface area contributed by atoms with E-state index in [1.54, 1.807) is 18.6 Å². The Kier molecular flexibility index (Phi) is 4.50. The van der Waals surface area contributed by atoms with Gasteiger partial charge in [-0.15, -0.1) is 0 Å². The molecule has 0 amide bonds. The summed E-state index contributed by atoms with van der Waals surface area (Å²) in [6.07, 6.45) is 6.97. The van der Waals surface area contributed by atoms with E-state index in [9.17, 15) is 0 Å². The van der Waals surface area contributed by atoms with E-state index in [4.69, 9.17) is 27.1 Å². The fourth-order valence-electron chi connectivity index (χ4n) is 3.11. The monoisotopic (exact) mass is 372 g/mol. The van der Waals surface area contributed by atoms with Crippen LogP contribution in [0.1, 0.15) is 36.7 Å². The van der Waals surface area contributed by atoms with Crippen molar-refractivity contribution in [2.24, 2.45) is 10.7 Å². The van der Waals surface area contributed by atoms with E-state index in [0.29, 0.717) is 29.8 Å². The van der Waals surface area contributed by atoms with Crippen LogP contribution in [-0.4, -0.2) is 39.5 Å². The van der Waals surface area contributed by atoms with Crippen LogP contribution < -0.4 is 10.6 Å². The van der Waals surface area contributed by atoms with Crippen LogP contribution in [0.3, 0.4) is 0 Å². The quantitative estimate of drug-likeness (QED) is 0.889. The van der Waals surface area contributed by atoms with Gasteiger partial charge in [-0.2, -0.15) is 0 Å². The fraction of sp³-hybridized carbons (Fsp3) is 0.444. The Morgan fingerprint density at radius 2 is 2.12 bits per heavy atom. The minimum atomic E-state index is -0.0843. The van der Waals surface area contributed by atoms with Crippen LogP contribution in [0.4, 0.5) is 5.82 Å². The number of hydrogen-bond acceptors (Lipinski definition) is 7. The third-order valence-corrected chi connectivity index (χ3v) is 5.20. The molecule has 1 saturated heterocycles. The van der Waals surface area contributed by atoms with Gasteiger partial charge < -0.3 is 15.4 Å². The molecule has 2 aliphatic rings. The first-order valence-electron chi connectivity index (χ1n) is 8.68. The Labute approximate surface area is 157 Å². The normalized spacial score (nSPS) is 18.4. The SMILES string of the molecule is CC1(N)CCN(c2cnc3c(n2)CN=C3OCc2ccncc2Cl)CC1. The summed E-state index contributed by atoms with van der Waals surface area (Å²) in [5.74, 6) is 1.40. The summed E-state index contributed by atoms with van der Waals surface area (Å²) in [6, 6.07) is 1.83. The van der Waals surface area contributed by atoms with Gasteiger partial charge in [-0.25, -0.2) is 15.0 Å². The minimum absolute atomic E-state index is 0.0843. The molecule has 0 aromatic carbocycles. The lowest BCUT2D eigenvalue weighted by molar-refractivity contribution is 0.293. The summed E-state index contributed by atoms with van der Waals surface area (Å²) in [6.45, 7) is 4.70. The number of nitrogens with zero attached hydrogens (tertiary/aromatic N) is 5. The highest BCUT2D eigenvalue weighted by molar-refractivity contribution is 6.31. The smallest absolute Gasteiger partial charge is 0.238 e. The largest absolute Gasteiger partial charge is 0.471 e. The molecule has 2 aliphatic heterocycles. The van der Waals surface area contributed by atoms with Gasteiger partial charge in [-0.3, -0.25) is 4.98 Å². The van der Waals surface area contributed by atoms with Gasteiger partial charge in [0.1, 0.15) is 18.1 Å². The summed E-state index contributed by atoms with van der Waals surface area (Å²) in [5, 5.41) is 0.574. The van der Waals surface area contributed by atoms with Gasteiger partial charge >= 0.3 is 0 Å². The summed E-state index contributed by atoms with van der Waals surface area (Å²) in [5.41, 5.74) is 8.54. The molecule has 136 valence electrons. The second-order valence-corrected chi connectivity index (χ2v) is 7.45. The summed E-state index contributed by atoms with van der Waals surface area (Å²) < 4.78 is 5.81. The molecular formula is C18H21ClN6O. The fourth-order valence-corrected chi connectivity index (χ4v) is 3.28. The number of piperidine rings is 1. The lowest BCUT2D eigenvalue weighted by Gasteiger charge is -2.37. The molecule has 0 aliphatic carbocycles. The molecule has 0 spiro atoms. The van der Waals surface area contributed by atoms with Gasteiger partial charge in [-0.05, 0) is 25.8 Å². The van der Waals surface area contributed by atoms with Gasteiger partial charge in [0.05, 0.1) is 23.5 Å². The van der Waals surface area contributed by atoms with Crippen molar-refractivity contribution < 1.29 is 4.74 Å². The summed E-state index contributed by atoms with van der Waals surface area (Å²) in [4.78, 5) is 19.9. The zero-order chi connectivity index (χ0) is 18.1.